The van der Waals surface area contributed by atoms with Crippen LogP contribution in [-0.4, -0.2) is 32.2 Å². The van der Waals surface area contributed by atoms with E-state index in [-0.39, 0.29) is 16.0 Å². The second-order valence-electron chi connectivity index (χ2n) is 0.961. The van der Waals surface area contributed by atoms with Gasteiger partial charge in [0.1, 0.15) is 0 Å². The Bertz CT molecular complexity index is 195. The van der Waals surface area contributed by atoms with Gasteiger partial charge in [-0.2, -0.15) is 18.3 Å². The maximum Gasteiger partial charge on any atom is 0.466 e. The van der Waals surface area contributed by atoms with Gasteiger partial charge in [-0.05, 0) is 0 Å². The van der Waals surface area contributed by atoms with E-state index in [1.165, 1.54) is 0 Å². The van der Waals surface area contributed by atoms with Crippen molar-refractivity contribution in [1.29, 1.82) is 0 Å². The Hall–Kier alpha value is 0.370. The Morgan fingerprint density at radius 1 is 1.00 bits per heavy atom. The van der Waals surface area contributed by atoms with Crippen molar-refractivity contribution in [1.82, 2.24) is 6.15 Å². The molecule has 80 valence electrons. The van der Waals surface area contributed by atoms with Crippen LogP contribution in [0.2, 0.25) is 0 Å². The first-order valence-electron chi connectivity index (χ1n) is 1.48. The molecule has 0 fully saturated rings. The Balaban J connectivity index is -0.0000000457. The molecule has 0 rings (SSSR count). The van der Waals surface area contributed by atoms with Gasteiger partial charge in [0, 0.05) is 0 Å². The van der Waals surface area contributed by atoms with Crippen LogP contribution in [-0.2, 0) is 15.0 Å². The summed E-state index contributed by atoms with van der Waals surface area (Å²) < 4.78 is 40.5. The molecule has 1 atom stereocenters. The number of hydrogen-bond donors (Lipinski definition) is 6. The molecule has 0 aliphatic carbocycles. The van der Waals surface area contributed by atoms with Crippen LogP contribution in [0.3, 0.4) is 0 Å². The summed E-state index contributed by atoms with van der Waals surface area (Å²) >= 11 is 0. The van der Waals surface area contributed by atoms with Crippen molar-refractivity contribution in [3.8, 4) is 0 Å². The minimum Gasteiger partial charge on any atom is -0.344 e. The highest BCUT2D eigenvalue weighted by molar-refractivity contribution is 7.79. The van der Waals surface area contributed by atoms with Crippen molar-refractivity contribution in [3.63, 3.8) is 0 Å². The first kappa shape index (κ1) is 22.8. The largest absolute Gasteiger partial charge is 0.466 e. The molecular weight excluding hydrogens is 236 g/mol. The van der Waals surface area contributed by atoms with E-state index in [0.29, 0.717) is 0 Å². The zero-order valence-corrected chi connectivity index (χ0v) is 8.86. The molecular formula is H11NO8P2S. The van der Waals surface area contributed by atoms with E-state index >= 15 is 0 Å². The lowest BCUT2D eigenvalue weighted by molar-refractivity contribution is 0.275. The molecule has 0 heterocycles. The first-order valence-corrected chi connectivity index (χ1v) is 4.44. The summed E-state index contributed by atoms with van der Waals surface area (Å²) in [5.41, 5.74) is 0. The van der Waals surface area contributed by atoms with E-state index in [0.717, 1.165) is 0 Å². The molecule has 12 heteroatoms. The van der Waals surface area contributed by atoms with Gasteiger partial charge in [0.05, 0.1) is 0 Å². The van der Waals surface area contributed by atoms with Gasteiger partial charge in [0.25, 0.3) is 0 Å². The van der Waals surface area contributed by atoms with E-state index in [4.69, 9.17) is 36.8 Å². The van der Waals surface area contributed by atoms with Crippen molar-refractivity contribution >= 4 is 28.1 Å². The fourth-order valence-electron chi connectivity index (χ4n) is 0. The quantitative estimate of drug-likeness (QED) is 0.222. The van der Waals surface area contributed by atoms with Crippen molar-refractivity contribution in [2.45, 2.75) is 0 Å². The maximum absolute atomic E-state index is 8.88. The molecule has 0 saturated heterocycles. The molecule has 12 heavy (non-hydrogen) atoms. The van der Waals surface area contributed by atoms with Gasteiger partial charge in [-0.15, -0.1) is 0 Å². The maximum atomic E-state index is 8.88. The molecule has 8 N–H and O–H groups in total. The Labute approximate surface area is 71.8 Å². The predicted molar refractivity (Wildman–Crippen MR) is 44.6 cm³/mol. The molecule has 0 aromatic carbocycles. The molecule has 0 radical (unpaired) electrons. The van der Waals surface area contributed by atoms with Gasteiger partial charge in [0.15, 0.2) is 0 Å². The van der Waals surface area contributed by atoms with Gasteiger partial charge < -0.3 is 20.8 Å². The minimum atomic E-state index is -4.67. The smallest absolute Gasteiger partial charge is 0.344 e. The number of phosphoric acid groups is 1. The van der Waals surface area contributed by atoms with Gasteiger partial charge in [0.2, 0.25) is 0 Å². The van der Waals surface area contributed by atoms with Gasteiger partial charge in [-0.25, -0.2) is 4.57 Å². The number of hydrogen-bond acceptors (Lipinski definition) is 4. The molecule has 0 aromatic heterocycles. The van der Waals surface area contributed by atoms with E-state index in [2.05, 4.69) is 0 Å². The summed E-state index contributed by atoms with van der Waals surface area (Å²) in [5.74, 6) is 0. The Morgan fingerprint density at radius 3 is 1.00 bits per heavy atom. The van der Waals surface area contributed by atoms with Gasteiger partial charge >= 0.3 is 18.2 Å². The van der Waals surface area contributed by atoms with Crippen LogP contribution in [0.15, 0.2) is 0 Å². The van der Waals surface area contributed by atoms with Crippen LogP contribution >= 0.6 is 17.7 Å². The average Bonchev–Trinajstić information content (AvgIpc) is 1.12. The predicted octanol–water partition coefficient (Wildman–Crippen LogP) is -1.36. The highest BCUT2D eigenvalue weighted by atomic mass is 32.3. The Morgan fingerprint density at radius 2 is 1.00 bits per heavy atom. The standard InChI is InChI=1S/H3N.H3O4P.H2O4S.H3P/c;2*1-5(2,3)4;/h1H3;(H3,1,2,3,4);(H2,1,2,3,4);1H3. The highest BCUT2D eigenvalue weighted by Crippen LogP contribution is 2.25. The SMILES string of the molecule is N.O=P(O)(O)O.O=S(=O)(O)O.P. The summed E-state index contributed by atoms with van der Waals surface area (Å²) in [7, 11) is -9.31. The van der Waals surface area contributed by atoms with Crippen molar-refractivity contribution < 1.29 is 36.8 Å². The van der Waals surface area contributed by atoms with E-state index in [1.807, 2.05) is 0 Å². The summed E-state index contributed by atoms with van der Waals surface area (Å²) in [6, 6.07) is 0. The van der Waals surface area contributed by atoms with Crippen LogP contribution in [0.1, 0.15) is 0 Å². The second-order valence-corrected chi connectivity index (χ2v) is 2.88. The molecule has 0 aliphatic heterocycles. The normalized spacial score (nSPS) is 9.75. The molecule has 0 bridgehead atoms. The molecule has 0 spiro atoms. The van der Waals surface area contributed by atoms with E-state index in [1.54, 1.807) is 0 Å². The van der Waals surface area contributed by atoms with Gasteiger partial charge in [-0.1, -0.05) is 0 Å². The minimum absolute atomic E-state index is 0. The van der Waals surface area contributed by atoms with Crippen LogP contribution in [0.4, 0.5) is 0 Å². The third-order valence-corrected chi connectivity index (χ3v) is 0. The summed E-state index contributed by atoms with van der Waals surface area (Å²) in [6.45, 7) is 0. The molecule has 9 nitrogen and oxygen atoms in total. The first-order chi connectivity index (χ1) is 4.00. The van der Waals surface area contributed by atoms with Crippen LogP contribution in [0, 0.1) is 0 Å². The van der Waals surface area contributed by atoms with Crippen LogP contribution < -0.4 is 6.15 Å². The summed E-state index contributed by atoms with van der Waals surface area (Å²) in [4.78, 5) is 21.6. The lowest BCUT2D eigenvalue weighted by atomic mass is 14.0. The van der Waals surface area contributed by atoms with Crippen molar-refractivity contribution in [2.24, 2.45) is 0 Å². The third-order valence-electron chi connectivity index (χ3n) is 0. The van der Waals surface area contributed by atoms with Gasteiger partial charge in [-0.3, -0.25) is 9.11 Å². The molecule has 0 aliphatic rings. The fraction of sp³-hybridized carbons (Fsp3) is 0. The van der Waals surface area contributed by atoms with Crippen LogP contribution in [0.5, 0.6) is 0 Å². The molecule has 0 saturated carbocycles. The van der Waals surface area contributed by atoms with E-state index in [9.17, 15) is 0 Å². The average molecular weight is 247 g/mol. The van der Waals surface area contributed by atoms with Crippen molar-refractivity contribution in [3.05, 3.63) is 0 Å². The molecule has 0 aromatic rings. The second kappa shape index (κ2) is 7.99. The Kier molecular flexibility index (Phi) is 15.2. The molecule has 1 unspecified atom stereocenters. The highest BCUT2D eigenvalue weighted by Gasteiger charge is 2.00. The lowest BCUT2D eigenvalue weighted by Crippen LogP contribution is -1.89. The molecule has 0 amide bonds. The lowest BCUT2D eigenvalue weighted by Gasteiger charge is -1.82. The zero-order chi connectivity index (χ0) is 9.00. The summed E-state index contributed by atoms with van der Waals surface area (Å²) in [5, 5.41) is 0. The third kappa shape index (κ3) is 6650. The zero-order valence-electron chi connectivity index (χ0n) is 5.73. The monoisotopic (exact) mass is 247 g/mol. The van der Waals surface area contributed by atoms with Crippen molar-refractivity contribution in [2.75, 3.05) is 0 Å². The fourth-order valence-corrected chi connectivity index (χ4v) is 0. The van der Waals surface area contributed by atoms with Crippen LogP contribution in [0.25, 0.3) is 0 Å². The topological polar surface area (TPSA) is 187 Å². The number of rotatable bonds is 0. The summed E-state index contributed by atoms with van der Waals surface area (Å²) in [6.07, 6.45) is 0. The van der Waals surface area contributed by atoms with E-state index < -0.39 is 18.2 Å².